The molecule has 2 rings (SSSR count). The lowest BCUT2D eigenvalue weighted by Gasteiger charge is -2.24. The fourth-order valence-corrected chi connectivity index (χ4v) is 2.24. The first-order chi connectivity index (χ1) is 10.1. The summed E-state index contributed by atoms with van der Waals surface area (Å²) in [6.45, 7) is 4.90. The van der Waals surface area contributed by atoms with Crippen LogP contribution in [0.25, 0.3) is 0 Å². The minimum absolute atomic E-state index is 0.389. The Kier molecular flexibility index (Phi) is 4.48. The van der Waals surface area contributed by atoms with E-state index in [-0.39, 0.29) is 0 Å². The standard InChI is InChI=1S/C17H20N2O2/c1-4-19(13-7-5-12(2)6-8-13)14-9-10-16(18)15(11-14)17(20)21-3/h5-11H,4,18H2,1-3H3. The summed E-state index contributed by atoms with van der Waals surface area (Å²) in [6.07, 6.45) is 0. The monoisotopic (exact) mass is 284 g/mol. The molecule has 0 saturated heterocycles. The van der Waals surface area contributed by atoms with Gasteiger partial charge in [-0.15, -0.1) is 0 Å². The molecule has 0 fully saturated rings. The van der Waals surface area contributed by atoms with Crippen LogP contribution in [0.3, 0.4) is 0 Å². The Hall–Kier alpha value is -2.49. The number of benzene rings is 2. The van der Waals surface area contributed by atoms with E-state index in [1.807, 2.05) is 6.07 Å². The first-order valence-electron chi connectivity index (χ1n) is 6.89. The number of carbonyl (C=O) groups excluding carboxylic acids is 1. The van der Waals surface area contributed by atoms with Crippen LogP contribution in [0.15, 0.2) is 42.5 Å². The van der Waals surface area contributed by atoms with Crippen LogP contribution in [0.5, 0.6) is 0 Å². The van der Waals surface area contributed by atoms with Crippen LogP contribution in [0.4, 0.5) is 17.1 Å². The summed E-state index contributed by atoms with van der Waals surface area (Å²) in [6, 6.07) is 13.7. The van der Waals surface area contributed by atoms with Gasteiger partial charge in [-0.2, -0.15) is 0 Å². The number of ether oxygens (including phenoxy) is 1. The molecule has 0 aliphatic heterocycles. The van der Waals surface area contributed by atoms with Gasteiger partial charge in [-0.3, -0.25) is 0 Å². The van der Waals surface area contributed by atoms with Gasteiger partial charge < -0.3 is 15.4 Å². The van der Waals surface area contributed by atoms with Gasteiger partial charge in [0.2, 0.25) is 0 Å². The fraction of sp³-hybridized carbons (Fsp3) is 0.235. The number of methoxy groups -OCH3 is 1. The highest BCUT2D eigenvalue weighted by Crippen LogP contribution is 2.28. The number of hydrogen-bond donors (Lipinski definition) is 1. The second-order valence-corrected chi connectivity index (χ2v) is 4.84. The molecule has 0 unspecified atom stereocenters. The molecule has 2 aromatic carbocycles. The van der Waals surface area contributed by atoms with Crippen molar-refractivity contribution in [3.05, 3.63) is 53.6 Å². The van der Waals surface area contributed by atoms with Gasteiger partial charge in [0, 0.05) is 23.6 Å². The Morgan fingerprint density at radius 2 is 1.76 bits per heavy atom. The average molecular weight is 284 g/mol. The van der Waals surface area contributed by atoms with Crippen molar-refractivity contribution >= 4 is 23.0 Å². The van der Waals surface area contributed by atoms with E-state index in [9.17, 15) is 4.79 Å². The highest BCUT2D eigenvalue weighted by Gasteiger charge is 2.14. The van der Waals surface area contributed by atoms with E-state index in [2.05, 4.69) is 43.0 Å². The summed E-state index contributed by atoms with van der Waals surface area (Å²) in [7, 11) is 1.35. The predicted octanol–water partition coefficient (Wildman–Crippen LogP) is 3.52. The van der Waals surface area contributed by atoms with E-state index < -0.39 is 5.97 Å². The van der Waals surface area contributed by atoms with Crippen molar-refractivity contribution in [1.82, 2.24) is 0 Å². The summed E-state index contributed by atoms with van der Waals surface area (Å²) in [5.41, 5.74) is 9.85. The first-order valence-corrected chi connectivity index (χ1v) is 6.89. The lowest BCUT2D eigenvalue weighted by molar-refractivity contribution is 0.0602. The van der Waals surface area contributed by atoms with Crippen molar-refractivity contribution in [1.29, 1.82) is 0 Å². The van der Waals surface area contributed by atoms with Crippen LogP contribution in [0, 0.1) is 6.92 Å². The van der Waals surface area contributed by atoms with Crippen LogP contribution in [-0.4, -0.2) is 19.6 Å². The first kappa shape index (κ1) is 14.9. The van der Waals surface area contributed by atoms with Crippen molar-refractivity contribution in [2.24, 2.45) is 0 Å². The van der Waals surface area contributed by atoms with Crippen molar-refractivity contribution in [3.63, 3.8) is 0 Å². The number of carbonyl (C=O) groups is 1. The molecule has 0 bridgehead atoms. The summed E-state index contributed by atoms with van der Waals surface area (Å²) in [5.74, 6) is -0.422. The van der Waals surface area contributed by atoms with E-state index in [0.717, 1.165) is 17.9 Å². The maximum Gasteiger partial charge on any atom is 0.340 e. The Labute approximate surface area is 125 Å². The van der Waals surface area contributed by atoms with Crippen LogP contribution < -0.4 is 10.6 Å². The van der Waals surface area contributed by atoms with E-state index in [4.69, 9.17) is 10.5 Å². The second-order valence-electron chi connectivity index (χ2n) is 4.84. The summed E-state index contributed by atoms with van der Waals surface area (Å²) >= 11 is 0. The topological polar surface area (TPSA) is 55.6 Å². The summed E-state index contributed by atoms with van der Waals surface area (Å²) in [5, 5.41) is 0. The van der Waals surface area contributed by atoms with Crippen molar-refractivity contribution in [2.75, 3.05) is 24.3 Å². The number of anilines is 3. The molecule has 0 spiro atoms. The summed E-state index contributed by atoms with van der Waals surface area (Å²) < 4.78 is 4.77. The van der Waals surface area contributed by atoms with Crippen LogP contribution in [0.2, 0.25) is 0 Å². The molecule has 4 heteroatoms. The predicted molar refractivity (Wildman–Crippen MR) is 86.1 cm³/mol. The van der Waals surface area contributed by atoms with Crippen LogP contribution in [-0.2, 0) is 4.74 Å². The molecule has 0 radical (unpaired) electrons. The van der Waals surface area contributed by atoms with Gasteiger partial charge in [-0.05, 0) is 44.2 Å². The van der Waals surface area contributed by atoms with Crippen LogP contribution in [0.1, 0.15) is 22.8 Å². The van der Waals surface area contributed by atoms with E-state index >= 15 is 0 Å². The number of aryl methyl sites for hydroxylation is 1. The molecule has 110 valence electrons. The number of esters is 1. The Balaban J connectivity index is 2.43. The maximum absolute atomic E-state index is 11.8. The van der Waals surface area contributed by atoms with Gasteiger partial charge >= 0.3 is 5.97 Å². The minimum Gasteiger partial charge on any atom is -0.465 e. The number of hydrogen-bond acceptors (Lipinski definition) is 4. The molecule has 21 heavy (non-hydrogen) atoms. The Morgan fingerprint density at radius 3 is 2.33 bits per heavy atom. The maximum atomic E-state index is 11.8. The molecule has 0 heterocycles. The quantitative estimate of drug-likeness (QED) is 0.689. The van der Waals surface area contributed by atoms with Gasteiger partial charge in [0.25, 0.3) is 0 Å². The molecule has 2 N–H and O–H groups in total. The number of rotatable bonds is 4. The molecule has 4 nitrogen and oxygen atoms in total. The van der Waals surface area contributed by atoms with Crippen molar-refractivity contribution in [2.45, 2.75) is 13.8 Å². The third kappa shape index (κ3) is 3.16. The number of nitrogen functional groups attached to an aromatic ring is 1. The van der Waals surface area contributed by atoms with Gasteiger partial charge in [-0.1, -0.05) is 17.7 Å². The fourth-order valence-electron chi connectivity index (χ4n) is 2.24. The van der Waals surface area contributed by atoms with E-state index in [0.29, 0.717) is 11.3 Å². The van der Waals surface area contributed by atoms with E-state index in [1.54, 1.807) is 12.1 Å². The molecular weight excluding hydrogens is 264 g/mol. The Morgan fingerprint density at radius 1 is 1.14 bits per heavy atom. The second kappa shape index (κ2) is 6.31. The zero-order valence-electron chi connectivity index (χ0n) is 12.6. The highest BCUT2D eigenvalue weighted by molar-refractivity contribution is 5.96. The molecule has 0 aliphatic carbocycles. The largest absolute Gasteiger partial charge is 0.465 e. The average Bonchev–Trinajstić information content (AvgIpc) is 2.50. The molecule has 0 aliphatic rings. The van der Waals surface area contributed by atoms with Gasteiger partial charge in [0.05, 0.1) is 12.7 Å². The molecule has 0 aromatic heterocycles. The molecule has 0 amide bonds. The minimum atomic E-state index is -0.422. The molecule has 2 aromatic rings. The van der Waals surface area contributed by atoms with E-state index in [1.165, 1.54) is 12.7 Å². The third-order valence-corrected chi connectivity index (χ3v) is 3.42. The zero-order chi connectivity index (χ0) is 15.4. The highest BCUT2D eigenvalue weighted by atomic mass is 16.5. The lowest BCUT2D eigenvalue weighted by atomic mass is 10.1. The lowest BCUT2D eigenvalue weighted by Crippen LogP contribution is -2.17. The normalized spacial score (nSPS) is 10.2. The van der Waals surface area contributed by atoms with Gasteiger partial charge in [0.1, 0.15) is 0 Å². The number of nitrogens with zero attached hydrogens (tertiary/aromatic N) is 1. The third-order valence-electron chi connectivity index (χ3n) is 3.42. The van der Waals surface area contributed by atoms with Crippen molar-refractivity contribution in [3.8, 4) is 0 Å². The van der Waals surface area contributed by atoms with Gasteiger partial charge in [-0.25, -0.2) is 4.79 Å². The smallest absolute Gasteiger partial charge is 0.340 e. The Bertz CT molecular complexity index is 636. The molecular formula is C17H20N2O2. The zero-order valence-corrected chi connectivity index (χ0v) is 12.6. The van der Waals surface area contributed by atoms with Gasteiger partial charge in [0.15, 0.2) is 0 Å². The molecule has 0 saturated carbocycles. The number of nitrogens with two attached hydrogens (primary N) is 1. The van der Waals surface area contributed by atoms with Crippen LogP contribution >= 0.6 is 0 Å². The van der Waals surface area contributed by atoms with Crippen molar-refractivity contribution < 1.29 is 9.53 Å². The summed E-state index contributed by atoms with van der Waals surface area (Å²) in [4.78, 5) is 13.9. The molecule has 0 atom stereocenters. The SMILES string of the molecule is CCN(c1ccc(C)cc1)c1ccc(N)c(C(=O)OC)c1.